The fourth-order valence-electron chi connectivity index (χ4n) is 4.56. The number of rotatable bonds is 0. The lowest BCUT2D eigenvalue weighted by Crippen LogP contribution is -2.72. The predicted molar refractivity (Wildman–Crippen MR) is 108 cm³/mol. The maximum absolute atomic E-state index is 2.60. The van der Waals surface area contributed by atoms with Crippen molar-refractivity contribution in [3.05, 3.63) is 0 Å². The number of nitrogens with zero attached hydrogens (tertiary/aromatic N) is 3. The van der Waals surface area contributed by atoms with Gasteiger partial charge < -0.3 is 0 Å². The average Bonchev–Trinajstić information content (AvgIpc) is 2.42. The van der Waals surface area contributed by atoms with Crippen LogP contribution in [0.3, 0.4) is 0 Å². The Kier molecular flexibility index (Phi) is 4.97. The molecule has 1 aliphatic rings. The van der Waals surface area contributed by atoms with Crippen LogP contribution in [0.15, 0.2) is 0 Å². The molecule has 3 nitrogen and oxygen atoms in total. The molecule has 0 atom stereocenters. The van der Waals surface area contributed by atoms with Crippen LogP contribution in [0.1, 0.15) is 83.1 Å². The fourth-order valence-corrected chi connectivity index (χ4v) is 4.56. The lowest BCUT2D eigenvalue weighted by atomic mass is 9.73. The van der Waals surface area contributed by atoms with Gasteiger partial charge in [0.2, 0.25) is 0 Å². The molecule has 0 radical (unpaired) electrons. The van der Waals surface area contributed by atoms with Gasteiger partial charge in [-0.2, -0.15) is 0 Å². The SMILES string of the molecule is CN1C(C)(C)C(C)(C)N(C)C(C)(C)C(C)(C)N(C)C(C)(C)C1(C)C. The molecule has 0 aromatic carbocycles. The number of hydrogen-bond donors (Lipinski definition) is 0. The van der Waals surface area contributed by atoms with Crippen molar-refractivity contribution in [1.29, 1.82) is 0 Å². The van der Waals surface area contributed by atoms with Gasteiger partial charge in [-0.15, -0.1) is 0 Å². The molecule has 1 heterocycles. The third-order valence-corrected chi connectivity index (χ3v) is 9.52. The minimum absolute atomic E-state index is 0.00104. The molecule has 1 saturated heterocycles. The van der Waals surface area contributed by atoms with Crippen molar-refractivity contribution in [2.45, 2.75) is 116 Å². The Bertz CT molecular complexity index is 370. The molecule has 0 amide bonds. The van der Waals surface area contributed by atoms with E-state index in [1.54, 1.807) is 0 Å². The van der Waals surface area contributed by atoms with Crippen LogP contribution in [0.25, 0.3) is 0 Å². The van der Waals surface area contributed by atoms with E-state index in [2.05, 4.69) is 119 Å². The largest absolute Gasteiger partial charge is 0.292 e. The zero-order valence-electron chi connectivity index (χ0n) is 19.3. The summed E-state index contributed by atoms with van der Waals surface area (Å²) in [7, 11) is 6.91. The quantitative estimate of drug-likeness (QED) is 0.645. The van der Waals surface area contributed by atoms with Crippen LogP contribution in [-0.4, -0.2) is 69.1 Å². The summed E-state index contributed by atoms with van der Waals surface area (Å²) in [6.07, 6.45) is 0. The first kappa shape index (κ1) is 21.9. The topological polar surface area (TPSA) is 9.72 Å². The molecule has 0 saturated carbocycles. The van der Waals surface area contributed by atoms with E-state index in [1.165, 1.54) is 0 Å². The van der Waals surface area contributed by atoms with Crippen molar-refractivity contribution in [3.63, 3.8) is 0 Å². The molecular weight excluding hydrogens is 294 g/mol. The van der Waals surface area contributed by atoms with Crippen LogP contribution >= 0.6 is 0 Å². The standard InChI is InChI=1S/C21H45N3/c1-16(2)17(3,4)23(14)20(9,10)21(11,12)24(15)19(7,8)18(5,6)22(16)13/h1-15H3. The van der Waals surface area contributed by atoms with Crippen molar-refractivity contribution in [2.75, 3.05) is 21.1 Å². The van der Waals surface area contributed by atoms with Gasteiger partial charge in [-0.1, -0.05) is 0 Å². The van der Waals surface area contributed by atoms with Crippen LogP contribution in [0.5, 0.6) is 0 Å². The van der Waals surface area contributed by atoms with Crippen LogP contribution in [0.4, 0.5) is 0 Å². The maximum Gasteiger partial charge on any atom is 0.0334 e. The van der Waals surface area contributed by atoms with E-state index < -0.39 is 0 Å². The summed E-state index contributed by atoms with van der Waals surface area (Å²) < 4.78 is 0. The molecule has 0 aliphatic carbocycles. The highest BCUT2D eigenvalue weighted by molar-refractivity contribution is 5.18. The van der Waals surface area contributed by atoms with E-state index in [1.807, 2.05) is 0 Å². The van der Waals surface area contributed by atoms with E-state index in [4.69, 9.17) is 0 Å². The lowest BCUT2D eigenvalue weighted by Gasteiger charge is -2.60. The smallest absolute Gasteiger partial charge is 0.0334 e. The summed E-state index contributed by atoms with van der Waals surface area (Å²) in [6.45, 7) is 28.8. The second-order valence-corrected chi connectivity index (χ2v) is 11.0. The normalized spacial score (nSPS) is 32.6. The third kappa shape index (κ3) is 2.41. The second-order valence-electron chi connectivity index (χ2n) is 11.0. The number of hydrogen-bond acceptors (Lipinski definition) is 3. The molecular formula is C21H45N3. The highest BCUT2D eigenvalue weighted by atomic mass is 15.4. The first-order chi connectivity index (χ1) is 10.2. The summed E-state index contributed by atoms with van der Waals surface area (Å²) in [6, 6.07) is 0. The molecule has 0 bridgehead atoms. The van der Waals surface area contributed by atoms with Crippen LogP contribution < -0.4 is 0 Å². The van der Waals surface area contributed by atoms with Crippen molar-refractivity contribution in [2.24, 2.45) is 0 Å². The fraction of sp³-hybridized carbons (Fsp3) is 1.00. The predicted octanol–water partition coefficient (Wildman–Crippen LogP) is 4.47. The summed E-state index contributed by atoms with van der Waals surface area (Å²) in [5.74, 6) is 0. The first-order valence-corrected chi connectivity index (χ1v) is 9.43. The summed E-state index contributed by atoms with van der Waals surface area (Å²) in [5, 5.41) is 0. The van der Waals surface area contributed by atoms with Crippen molar-refractivity contribution >= 4 is 0 Å². The monoisotopic (exact) mass is 339 g/mol. The maximum atomic E-state index is 2.60. The van der Waals surface area contributed by atoms with Gasteiger partial charge >= 0.3 is 0 Å². The van der Waals surface area contributed by atoms with E-state index in [0.717, 1.165) is 0 Å². The Hall–Kier alpha value is -0.120. The van der Waals surface area contributed by atoms with Gasteiger partial charge in [-0.05, 0) is 104 Å². The molecule has 24 heavy (non-hydrogen) atoms. The minimum Gasteiger partial charge on any atom is -0.292 e. The van der Waals surface area contributed by atoms with E-state index in [9.17, 15) is 0 Å². The molecule has 3 heteroatoms. The Morgan fingerprint density at radius 2 is 0.375 bits per heavy atom. The lowest BCUT2D eigenvalue weighted by molar-refractivity contribution is -0.0938. The molecule has 0 unspecified atom stereocenters. The van der Waals surface area contributed by atoms with E-state index >= 15 is 0 Å². The summed E-state index contributed by atoms with van der Waals surface area (Å²) in [4.78, 5) is 7.80. The Balaban J connectivity index is 3.88. The highest BCUT2D eigenvalue weighted by Gasteiger charge is 2.61. The molecule has 0 aromatic heterocycles. The minimum atomic E-state index is 0.00104. The van der Waals surface area contributed by atoms with Crippen molar-refractivity contribution < 1.29 is 0 Å². The summed E-state index contributed by atoms with van der Waals surface area (Å²) >= 11 is 0. The molecule has 1 fully saturated rings. The Morgan fingerprint density at radius 1 is 0.292 bits per heavy atom. The van der Waals surface area contributed by atoms with Gasteiger partial charge in [0.15, 0.2) is 0 Å². The van der Waals surface area contributed by atoms with Gasteiger partial charge in [0, 0.05) is 33.2 Å². The molecule has 1 rings (SSSR count). The van der Waals surface area contributed by atoms with Gasteiger partial charge in [-0.3, -0.25) is 14.7 Å². The molecule has 1 aliphatic heterocycles. The van der Waals surface area contributed by atoms with Crippen LogP contribution in [0, 0.1) is 0 Å². The average molecular weight is 340 g/mol. The van der Waals surface area contributed by atoms with Gasteiger partial charge in [0.25, 0.3) is 0 Å². The van der Waals surface area contributed by atoms with E-state index in [-0.39, 0.29) is 33.2 Å². The van der Waals surface area contributed by atoms with Gasteiger partial charge in [0.05, 0.1) is 0 Å². The highest BCUT2D eigenvalue weighted by Crippen LogP contribution is 2.49. The first-order valence-electron chi connectivity index (χ1n) is 9.43. The second kappa shape index (κ2) is 5.44. The van der Waals surface area contributed by atoms with E-state index in [0.29, 0.717) is 0 Å². The van der Waals surface area contributed by atoms with Gasteiger partial charge in [-0.25, -0.2) is 0 Å². The van der Waals surface area contributed by atoms with Crippen molar-refractivity contribution in [1.82, 2.24) is 14.7 Å². The van der Waals surface area contributed by atoms with Gasteiger partial charge in [0.1, 0.15) is 0 Å². The van der Waals surface area contributed by atoms with Crippen LogP contribution in [-0.2, 0) is 0 Å². The van der Waals surface area contributed by atoms with Crippen molar-refractivity contribution in [3.8, 4) is 0 Å². The molecule has 0 aromatic rings. The zero-order chi connectivity index (χ0) is 19.7. The Labute approximate surface area is 152 Å². The zero-order valence-corrected chi connectivity index (χ0v) is 19.3. The van der Waals surface area contributed by atoms with Crippen LogP contribution in [0.2, 0.25) is 0 Å². The third-order valence-electron chi connectivity index (χ3n) is 9.52. The molecule has 144 valence electrons. The Morgan fingerprint density at radius 3 is 0.458 bits per heavy atom. The summed E-state index contributed by atoms with van der Waals surface area (Å²) in [5.41, 5.74) is 0.00625. The molecule has 0 spiro atoms. The number of likely N-dealkylation sites (N-methyl/N-ethyl adjacent to an activating group) is 3. The molecule has 0 N–H and O–H groups in total.